The van der Waals surface area contributed by atoms with Crippen molar-refractivity contribution in [1.29, 1.82) is 0 Å². The summed E-state index contributed by atoms with van der Waals surface area (Å²) in [6.07, 6.45) is 2.64. The molecule has 6 heteroatoms. The van der Waals surface area contributed by atoms with Crippen molar-refractivity contribution < 1.29 is 9.63 Å². The van der Waals surface area contributed by atoms with Crippen LogP contribution in [0.1, 0.15) is 49.0 Å². The van der Waals surface area contributed by atoms with E-state index in [1.54, 1.807) is 0 Å². The number of nitrogens with one attached hydrogen (secondary N) is 2. The second-order valence-electron chi connectivity index (χ2n) is 5.34. The number of hydrogen-bond acceptors (Lipinski definition) is 5. The summed E-state index contributed by atoms with van der Waals surface area (Å²) in [5.41, 5.74) is 4.72. The van der Waals surface area contributed by atoms with E-state index in [4.69, 9.17) is 10.7 Å². The van der Waals surface area contributed by atoms with Crippen molar-refractivity contribution in [2.45, 2.75) is 52.1 Å². The minimum atomic E-state index is -0.0576. The number of nitrogens with zero attached hydrogens (tertiary/aromatic N) is 1. The molecule has 0 bridgehead atoms. The van der Waals surface area contributed by atoms with Gasteiger partial charge in [0, 0.05) is 17.6 Å². The monoisotopic (exact) mass is 308 g/mol. The minimum Gasteiger partial charge on any atom is -0.348 e. The van der Waals surface area contributed by atoms with E-state index in [9.17, 15) is 4.79 Å². The summed E-state index contributed by atoms with van der Waals surface area (Å²) in [6, 6.07) is 7.55. The molecule has 1 amide bonds. The Morgan fingerprint density at radius 3 is 2.55 bits per heavy atom. The number of aryl methyl sites for hydroxylation is 1. The SMILES string of the molecule is CCC[C@@H](NC(=O)c1ccccc1C)[C@H](CC)NN(N)OC. The zero-order chi connectivity index (χ0) is 16.5. The normalized spacial score (nSPS) is 13.9. The van der Waals surface area contributed by atoms with Crippen molar-refractivity contribution in [3.63, 3.8) is 0 Å². The van der Waals surface area contributed by atoms with Crippen molar-refractivity contribution in [2.24, 2.45) is 5.84 Å². The van der Waals surface area contributed by atoms with Gasteiger partial charge in [-0.05, 0) is 31.4 Å². The molecule has 1 aromatic rings. The van der Waals surface area contributed by atoms with Crippen LogP contribution >= 0.6 is 0 Å². The van der Waals surface area contributed by atoms with Gasteiger partial charge in [-0.1, -0.05) is 43.7 Å². The van der Waals surface area contributed by atoms with E-state index in [0.717, 1.165) is 30.1 Å². The van der Waals surface area contributed by atoms with Crippen LogP contribution in [0.2, 0.25) is 0 Å². The van der Waals surface area contributed by atoms with E-state index in [2.05, 4.69) is 17.7 Å². The summed E-state index contributed by atoms with van der Waals surface area (Å²) in [7, 11) is 1.49. The minimum absolute atomic E-state index is 0.00197. The summed E-state index contributed by atoms with van der Waals surface area (Å²) in [5, 5.41) is 4.20. The molecule has 0 aliphatic rings. The molecule has 22 heavy (non-hydrogen) atoms. The fraction of sp³-hybridized carbons (Fsp3) is 0.562. The Bertz CT molecular complexity index is 467. The molecular weight excluding hydrogens is 280 g/mol. The zero-order valence-electron chi connectivity index (χ0n) is 13.9. The third kappa shape index (κ3) is 5.38. The summed E-state index contributed by atoms with van der Waals surface area (Å²) in [4.78, 5) is 17.4. The average molecular weight is 308 g/mol. The smallest absolute Gasteiger partial charge is 0.251 e. The maximum absolute atomic E-state index is 12.5. The van der Waals surface area contributed by atoms with Crippen LogP contribution < -0.4 is 16.6 Å². The number of nitrogens with two attached hydrogens (primary N) is 1. The second-order valence-corrected chi connectivity index (χ2v) is 5.34. The first-order valence-electron chi connectivity index (χ1n) is 7.75. The van der Waals surface area contributed by atoms with Crippen LogP contribution in [0, 0.1) is 6.92 Å². The standard InChI is InChI=1S/C16H28N4O2/c1-5-9-15(14(6-2)19-20(17)22-4)18-16(21)13-11-8-7-10-12(13)3/h7-8,10-11,14-15,19H,5-6,9,17H2,1-4H3,(H,18,21)/t14-,15+/m0/s1. The maximum Gasteiger partial charge on any atom is 0.251 e. The Labute approximate surface area is 132 Å². The molecule has 0 heterocycles. The Morgan fingerprint density at radius 2 is 2.00 bits per heavy atom. The van der Waals surface area contributed by atoms with Crippen LogP contribution in [0.5, 0.6) is 0 Å². The van der Waals surface area contributed by atoms with Crippen LogP contribution in [0.15, 0.2) is 24.3 Å². The van der Waals surface area contributed by atoms with E-state index in [1.165, 1.54) is 7.11 Å². The first kappa shape index (κ1) is 18.6. The van der Waals surface area contributed by atoms with Crippen molar-refractivity contribution in [2.75, 3.05) is 7.11 Å². The number of rotatable bonds is 9. The molecule has 0 saturated carbocycles. The highest BCUT2D eigenvalue weighted by atomic mass is 16.7. The lowest BCUT2D eigenvalue weighted by Gasteiger charge is -2.30. The molecule has 0 unspecified atom stereocenters. The van der Waals surface area contributed by atoms with Crippen LogP contribution in [-0.2, 0) is 4.84 Å². The molecule has 6 nitrogen and oxygen atoms in total. The number of benzene rings is 1. The second kappa shape index (κ2) is 9.53. The van der Waals surface area contributed by atoms with Crippen LogP contribution in [0.4, 0.5) is 0 Å². The van der Waals surface area contributed by atoms with Crippen molar-refractivity contribution in [3.05, 3.63) is 35.4 Å². The third-order valence-electron chi connectivity index (χ3n) is 3.72. The van der Waals surface area contributed by atoms with Gasteiger partial charge in [-0.25, -0.2) is 11.3 Å². The van der Waals surface area contributed by atoms with E-state index in [1.807, 2.05) is 38.1 Å². The summed E-state index contributed by atoms with van der Waals surface area (Å²) in [5.74, 6) is 5.58. The quantitative estimate of drug-likeness (QED) is 0.480. The molecule has 0 fully saturated rings. The largest absolute Gasteiger partial charge is 0.348 e. The molecule has 4 N–H and O–H groups in total. The van der Waals surface area contributed by atoms with E-state index in [-0.39, 0.29) is 18.0 Å². The van der Waals surface area contributed by atoms with Gasteiger partial charge >= 0.3 is 0 Å². The maximum atomic E-state index is 12.5. The highest BCUT2D eigenvalue weighted by Gasteiger charge is 2.23. The number of carbonyl (C=O) groups is 1. The molecule has 0 aliphatic carbocycles. The average Bonchev–Trinajstić information content (AvgIpc) is 2.52. The van der Waals surface area contributed by atoms with Gasteiger partial charge in [0.05, 0.1) is 7.11 Å². The highest BCUT2D eigenvalue weighted by Crippen LogP contribution is 2.11. The fourth-order valence-electron chi connectivity index (χ4n) is 2.44. The van der Waals surface area contributed by atoms with Gasteiger partial charge in [-0.2, -0.15) is 0 Å². The van der Waals surface area contributed by atoms with Gasteiger partial charge in [0.25, 0.3) is 5.91 Å². The van der Waals surface area contributed by atoms with Crippen LogP contribution in [0.3, 0.4) is 0 Å². The molecule has 1 aromatic carbocycles. The van der Waals surface area contributed by atoms with Gasteiger partial charge in [0.2, 0.25) is 0 Å². The molecule has 1 rings (SSSR count). The number of amides is 1. The van der Waals surface area contributed by atoms with Gasteiger partial charge < -0.3 is 5.32 Å². The van der Waals surface area contributed by atoms with Gasteiger partial charge in [-0.3, -0.25) is 9.63 Å². The van der Waals surface area contributed by atoms with Crippen LogP contribution in [-0.4, -0.2) is 30.4 Å². The van der Waals surface area contributed by atoms with E-state index >= 15 is 0 Å². The topological polar surface area (TPSA) is 79.6 Å². The Hall–Kier alpha value is -1.47. The molecule has 0 radical (unpaired) electrons. The molecular formula is C16H28N4O2. The third-order valence-corrected chi connectivity index (χ3v) is 3.72. The summed E-state index contributed by atoms with van der Waals surface area (Å²) < 4.78 is 0. The van der Waals surface area contributed by atoms with Gasteiger partial charge in [0.15, 0.2) is 0 Å². The molecule has 0 saturated heterocycles. The fourth-order valence-corrected chi connectivity index (χ4v) is 2.44. The van der Waals surface area contributed by atoms with Crippen molar-refractivity contribution in [3.8, 4) is 0 Å². The highest BCUT2D eigenvalue weighted by molar-refractivity contribution is 5.95. The summed E-state index contributed by atoms with van der Waals surface area (Å²) >= 11 is 0. The lowest BCUT2D eigenvalue weighted by molar-refractivity contribution is -0.184. The first-order valence-corrected chi connectivity index (χ1v) is 7.75. The molecule has 124 valence electrons. The molecule has 0 spiro atoms. The number of carbonyl (C=O) groups excluding carboxylic acids is 1. The van der Waals surface area contributed by atoms with Crippen LogP contribution in [0.25, 0.3) is 0 Å². The van der Waals surface area contributed by atoms with E-state index < -0.39 is 0 Å². The molecule has 0 aliphatic heterocycles. The lowest BCUT2D eigenvalue weighted by atomic mass is 10.00. The van der Waals surface area contributed by atoms with E-state index in [0.29, 0.717) is 5.56 Å². The van der Waals surface area contributed by atoms with Gasteiger partial charge in [0.1, 0.15) is 0 Å². The molecule has 2 atom stereocenters. The predicted octanol–water partition coefficient (Wildman–Crippen LogP) is 1.91. The Morgan fingerprint density at radius 1 is 1.32 bits per heavy atom. The zero-order valence-corrected chi connectivity index (χ0v) is 13.9. The first-order chi connectivity index (χ1) is 10.5. The van der Waals surface area contributed by atoms with Crippen molar-refractivity contribution >= 4 is 5.91 Å². The number of hydrazine groups is 2. The Kier molecular flexibility index (Phi) is 8.05. The lowest BCUT2D eigenvalue weighted by Crippen LogP contribution is -2.56. The number of hydrogen-bond donors (Lipinski definition) is 3. The molecule has 0 aromatic heterocycles. The summed E-state index contributed by atoms with van der Waals surface area (Å²) in [6.45, 7) is 6.08. The predicted molar refractivity (Wildman–Crippen MR) is 87.6 cm³/mol. The van der Waals surface area contributed by atoms with Crippen molar-refractivity contribution in [1.82, 2.24) is 16.0 Å². The van der Waals surface area contributed by atoms with Gasteiger partial charge in [-0.15, -0.1) is 0 Å². The Balaban J connectivity index is 2.81.